The molecule has 0 atom stereocenters. The van der Waals surface area contributed by atoms with Gasteiger partial charge in [-0.3, -0.25) is 4.79 Å². The van der Waals surface area contributed by atoms with Crippen LogP contribution in [0.25, 0.3) is 16.9 Å². The van der Waals surface area contributed by atoms with Crippen molar-refractivity contribution in [2.24, 2.45) is 0 Å². The summed E-state index contributed by atoms with van der Waals surface area (Å²) in [4.78, 5) is 16.0. The molecule has 5 nitrogen and oxygen atoms in total. The first-order valence-electron chi connectivity index (χ1n) is 5.26. The predicted molar refractivity (Wildman–Crippen MR) is 63.8 cm³/mol. The quantitative estimate of drug-likeness (QED) is 0.682. The van der Waals surface area contributed by atoms with Crippen LogP contribution in [0.4, 0.5) is 0 Å². The Hall–Kier alpha value is -2.43. The Labute approximate surface area is 96.7 Å². The Morgan fingerprint density at radius 2 is 2.00 bits per heavy atom. The number of hydrogen-bond acceptors (Lipinski definition) is 3. The molecule has 0 radical (unpaired) electrons. The maximum atomic E-state index is 11.7. The first kappa shape index (κ1) is 9.77. The second kappa shape index (κ2) is 3.55. The molecule has 0 bridgehead atoms. The molecule has 3 aromatic rings. The van der Waals surface area contributed by atoms with Crippen LogP contribution in [0.2, 0.25) is 0 Å². The molecule has 0 fully saturated rings. The van der Waals surface area contributed by atoms with Crippen LogP contribution >= 0.6 is 0 Å². The van der Waals surface area contributed by atoms with Crippen molar-refractivity contribution in [1.29, 1.82) is 0 Å². The summed E-state index contributed by atoms with van der Waals surface area (Å²) in [7, 11) is 0. The third-order valence-corrected chi connectivity index (χ3v) is 2.57. The highest BCUT2D eigenvalue weighted by molar-refractivity contribution is 5.72. The van der Waals surface area contributed by atoms with Gasteiger partial charge in [0.15, 0.2) is 5.65 Å². The Balaban J connectivity index is 2.36. The van der Waals surface area contributed by atoms with E-state index in [-0.39, 0.29) is 5.56 Å². The Bertz CT molecular complexity index is 727. The monoisotopic (exact) mass is 226 g/mol. The number of aryl methyl sites for hydroxylation is 1. The minimum Gasteiger partial charge on any atom is -0.267 e. The molecule has 2 aromatic heterocycles. The van der Waals surface area contributed by atoms with E-state index in [0.717, 1.165) is 5.56 Å². The number of H-pyrrole nitrogens is 1. The van der Waals surface area contributed by atoms with Crippen molar-refractivity contribution in [3.05, 3.63) is 52.4 Å². The molecule has 0 spiro atoms. The van der Waals surface area contributed by atoms with Gasteiger partial charge in [0.2, 0.25) is 0 Å². The molecular formula is C12H10N4O. The second-order valence-electron chi connectivity index (χ2n) is 3.82. The molecule has 17 heavy (non-hydrogen) atoms. The van der Waals surface area contributed by atoms with E-state index < -0.39 is 0 Å². The number of aromatic amines is 1. The average molecular weight is 226 g/mol. The number of hydrogen-bond donors (Lipinski definition) is 1. The van der Waals surface area contributed by atoms with Crippen molar-refractivity contribution < 1.29 is 0 Å². The van der Waals surface area contributed by atoms with Crippen molar-refractivity contribution in [2.45, 2.75) is 6.92 Å². The summed E-state index contributed by atoms with van der Waals surface area (Å²) >= 11 is 0. The van der Waals surface area contributed by atoms with Crippen LogP contribution in [0.3, 0.4) is 0 Å². The summed E-state index contributed by atoms with van der Waals surface area (Å²) in [5, 5.41) is 6.82. The van der Waals surface area contributed by atoms with Gasteiger partial charge in [0.25, 0.3) is 5.56 Å². The fourth-order valence-electron chi connectivity index (χ4n) is 1.79. The van der Waals surface area contributed by atoms with Crippen LogP contribution in [0.5, 0.6) is 0 Å². The molecule has 0 unspecified atom stereocenters. The Kier molecular flexibility index (Phi) is 2.04. The van der Waals surface area contributed by atoms with Gasteiger partial charge in [-0.1, -0.05) is 30.3 Å². The fourth-order valence-corrected chi connectivity index (χ4v) is 1.79. The van der Waals surface area contributed by atoms with Crippen LogP contribution in [-0.2, 0) is 0 Å². The smallest absolute Gasteiger partial charge is 0.267 e. The van der Waals surface area contributed by atoms with Gasteiger partial charge in [-0.05, 0) is 6.92 Å². The first-order chi connectivity index (χ1) is 8.25. The number of nitrogens with zero attached hydrogens (tertiary/aromatic N) is 3. The maximum Gasteiger partial charge on any atom is 0.274 e. The highest BCUT2D eigenvalue weighted by Gasteiger charge is 2.10. The Morgan fingerprint density at radius 3 is 2.76 bits per heavy atom. The van der Waals surface area contributed by atoms with Crippen molar-refractivity contribution in [2.75, 3.05) is 0 Å². The average Bonchev–Trinajstić information content (AvgIpc) is 2.74. The minimum absolute atomic E-state index is 0.151. The fraction of sp³-hybridized carbons (Fsp3) is 0.0833. The lowest BCUT2D eigenvalue weighted by atomic mass is 10.2. The van der Waals surface area contributed by atoms with Crippen molar-refractivity contribution >= 4 is 5.65 Å². The summed E-state index contributed by atoms with van der Waals surface area (Å²) in [5.74, 6) is 0. The number of aromatic nitrogens is 4. The number of nitrogens with one attached hydrogen (secondary N) is 1. The molecule has 1 N–H and O–H groups in total. The largest absolute Gasteiger partial charge is 0.274 e. The lowest BCUT2D eigenvalue weighted by Gasteiger charge is -1.97. The summed E-state index contributed by atoms with van der Waals surface area (Å²) in [6.07, 6.45) is 0. The van der Waals surface area contributed by atoms with Gasteiger partial charge in [-0.25, -0.2) is 10.2 Å². The van der Waals surface area contributed by atoms with Gasteiger partial charge in [0.05, 0.1) is 0 Å². The lowest BCUT2D eigenvalue weighted by molar-refractivity contribution is 0.816. The van der Waals surface area contributed by atoms with E-state index in [4.69, 9.17) is 0 Å². The van der Waals surface area contributed by atoms with Crippen LogP contribution in [0.1, 0.15) is 5.69 Å². The van der Waals surface area contributed by atoms with Gasteiger partial charge in [0.1, 0.15) is 5.69 Å². The summed E-state index contributed by atoms with van der Waals surface area (Å²) in [5.41, 5.74) is 2.71. The van der Waals surface area contributed by atoms with E-state index in [2.05, 4.69) is 15.3 Å². The van der Waals surface area contributed by atoms with E-state index in [1.807, 2.05) is 30.3 Å². The zero-order valence-electron chi connectivity index (χ0n) is 9.21. The third-order valence-electron chi connectivity index (χ3n) is 2.57. The number of benzene rings is 1. The second-order valence-corrected chi connectivity index (χ2v) is 3.82. The summed E-state index contributed by atoms with van der Waals surface area (Å²) in [6, 6.07) is 11.1. The van der Waals surface area contributed by atoms with E-state index in [1.54, 1.807) is 6.92 Å². The molecule has 0 aliphatic heterocycles. The molecule has 0 amide bonds. The highest BCUT2D eigenvalue weighted by atomic mass is 16.1. The number of rotatable bonds is 1. The molecule has 1 aromatic carbocycles. The Morgan fingerprint density at radius 1 is 1.24 bits per heavy atom. The molecule has 0 saturated carbocycles. The molecule has 5 heteroatoms. The van der Waals surface area contributed by atoms with Crippen molar-refractivity contribution in [3.63, 3.8) is 0 Å². The number of fused-ring (bicyclic) bond motifs is 1. The van der Waals surface area contributed by atoms with E-state index >= 15 is 0 Å². The molecule has 0 aliphatic rings. The SMILES string of the molecule is Cc1cc(=O)n2[nH]nc(-c3ccccc3)c2n1. The molecule has 3 rings (SSSR count). The van der Waals surface area contributed by atoms with E-state index in [1.165, 1.54) is 10.6 Å². The molecule has 0 aliphatic carbocycles. The predicted octanol–water partition coefficient (Wildman–Crippen LogP) is 1.39. The van der Waals surface area contributed by atoms with Crippen LogP contribution in [0.15, 0.2) is 41.2 Å². The van der Waals surface area contributed by atoms with Crippen LogP contribution < -0.4 is 5.56 Å². The van der Waals surface area contributed by atoms with Crippen LogP contribution in [0, 0.1) is 6.92 Å². The first-order valence-corrected chi connectivity index (χ1v) is 5.26. The summed E-state index contributed by atoms with van der Waals surface area (Å²) in [6.45, 7) is 1.79. The molecule has 84 valence electrons. The molecule has 0 saturated heterocycles. The minimum atomic E-state index is -0.151. The maximum absolute atomic E-state index is 11.7. The lowest BCUT2D eigenvalue weighted by Crippen LogP contribution is -2.14. The normalized spacial score (nSPS) is 10.9. The van der Waals surface area contributed by atoms with E-state index in [0.29, 0.717) is 17.0 Å². The van der Waals surface area contributed by atoms with Gasteiger partial charge in [0, 0.05) is 17.3 Å². The third kappa shape index (κ3) is 1.52. The van der Waals surface area contributed by atoms with Gasteiger partial charge in [-0.2, -0.15) is 9.61 Å². The highest BCUT2D eigenvalue weighted by Crippen LogP contribution is 2.19. The van der Waals surface area contributed by atoms with Gasteiger partial charge in [-0.15, -0.1) is 0 Å². The molecule has 2 heterocycles. The van der Waals surface area contributed by atoms with Gasteiger partial charge < -0.3 is 0 Å². The standard InChI is InChI=1S/C12H10N4O/c1-8-7-10(17)16-12(13-8)11(14-15-16)9-5-3-2-4-6-9/h2-7,15H,1H3. The topological polar surface area (TPSA) is 63.0 Å². The summed E-state index contributed by atoms with van der Waals surface area (Å²) < 4.78 is 1.34. The zero-order chi connectivity index (χ0) is 11.8. The van der Waals surface area contributed by atoms with Gasteiger partial charge >= 0.3 is 0 Å². The van der Waals surface area contributed by atoms with Crippen molar-refractivity contribution in [1.82, 2.24) is 19.8 Å². The van der Waals surface area contributed by atoms with Crippen LogP contribution in [-0.4, -0.2) is 19.8 Å². The zero-order valence-corrected chi connectivity index (χ0v) is 9.21. The molecular weight excluding hydrogens is 216 g/mol. The van der Waals surface area contributed by atoms with E-state index in [9.17, 15) is 4.79 Å². The van der Waals surface area contributed by atoms with Crippen molar-refractivity contribution in [3.8, 4) is 11.3 Å².